The molecule has 0 heterocycles. The summed E-state index contributed by atoms with van der Waals surface area (Å²) in [5.41, 5.74) is 2.15. The topological polar surface area (TPSA) is 34.1 Å². The molecule has 0 aromatic heterocycles. The molecule has 1 aliphatic rings. The van der Waals surface area contributed by atoms with E-state index in [0.717, 1.165) is 12.8 Å². The Kier molecular flexibility index (Phi) is 4.71. The quantitative estimate of drug-likeness (QED) is 0.820. The largest absolute Gasteiger partial charge is 0.300 e. The molecule has 3 rings (SSSR count). The Balaban J connectivity index is 2.09. The summed E-state index contributed by atoms with van der Waals surface area (Å²) in [6.07, 6.45) is 3.42. The normalized spacial score (nSPS) is 18.8. The fourth-order valence-corrected chi connectivity index (χ4v) is 3.62. The van der Waals surface area contributed by atoms with Crippen LogP contribution in [0.4, 0.5) is 0 Å². The predicted molar refractivity (Wildman–Crippen MR) is 91.4 cm³/mol. The smallest absolute Gasteiger partial charge is 0.133 e. The SMILES string of the molecule is O=C1CCC(=O)CCC(c2ccccc2)(c2ccccc2)CC1. The van der Waals surface area contributed by atoms with Crippen molar-refractivity contribution in [2.75, 3.05) is 0 Å². The van der Waals surface area contributed by atoms with Crippen LogP contribution in [-0.2, 0) is 15.0 Å². The van der Waals surface area contributed by atoms with Crippen molar-refractivity contribution in [2.24, 2.45) is 0 Å². The summed E-state index contributed by atoms with van der Waals surface area (Å²) in [5, 5.41) is 0. The molecule has 118 valence electrons. The van der Waals surface area contributed by atoms with Gasteiger partial charge in [-0.3, -0.25) is 9.59 Å². The molecular weight excluding hydrogens is 284 g/mol. The molecule has 0 amide bonds. The standard InChI is InChI=1S/C21H22O2/c22-19-11-12-20(23)14-16-21(15-13-19,17-7-3-1-4-8-17)18-9-5-2-6-10-18/h1-10H,11-16H2. The van der Waals surface area contributed by atoms with Gasteiger partial charge in [0, 0.05) is 31.1 Å². The minimum absolute atomic E-state index is 0.205. The maximum atomic E-state index is 12.1. The summed E-state index contributed by atoms with van der Waals surface area (Å²) in [6.45, 7) is 0. The molecule has 2 aromatic carbocycles. The number of Topliss-reactive ketones (excluding diaryl/α,β-unsaturated/α-hetero) is 2. The summed E-state index contributed by atoms with van der Waals surface area (Å²) < 4.78 is 0. The fourth-order valence-electron chi connectivity index (χ4n) is 3.62. The molecule has 1 saturated carbocycles. The lowest BCUT2D eigenvalue weighted by Crippen LogP contribution is -2.29. The Morgan fingerprint density at radius 1 is 0.565 bits per heavy atom. The van der Waals surface area contributed by atoms with Crippen molar-refractivity contribution in [3.8, 4) is 0 Å². The van der Waals surface area contributed by atoms with Crippen LogP contribution in [0.3, 0.4) is 0 Å². The number of carbonyl (C=O) groups excluding carboxylic acids is 2. The van der Waals surface area contributed by atoms with Gasteiger partial charge in [-0.25, -0.2) is 0 Å². The molecule has 2 heteroatoms. The number of ketones is 2. The third-order valence-corrected chi connectivity index (χ3v) is 5.00. The average molecular weight is 306 g/mol. The maximum absolute atomic E-state index is 12.1. The van der Waals surface area contributed by atoms with E-state index >= 15 is 0 Å². The van der Waals surface area contributed by atoms with Crippen LogP contribution in [0, 0.1) is 0 Å². The summed E-state index contributed by atoms with van der Waals surface area (Å²) in [4.78, 5) is 24.3. The van der Waals surface area contributed by atoms with Gasteiger partial charge in [-0.15, -0.1) is 0 Å². The monoisotopic (exact) mass is 306 g/mol. The van der Waals surface area contributed by atoms with Crippen LogP contribution in [0.5, 0.6) is 0 Å². The highest BCUT2D eigenvalue weighted by Crippen LogP contribution is 2.41. The van der Waals surface area contributed by atoms with E-state index in [1.807, 2.05) is 36.4 Å². The highest BCUT2D eigenvalue weighted by atomic mass is 16.1. The number of rotatable bonds is 2. The van der Waals surface area contributed by atoms with Crippen LogP contribution in [0.2, 0.25) is 0 Å². The molecule has 2 nitrogen and oxygen atoms in total. The molecule has 1 aliphatic carbocycles. The van der Waals surface area contributed by atoms with Crippen molar-refractivity contribution >= 4 is 11.6 Å². The lowest BCUT2D eigenvalue weighted by Gasteiger charge is -2.35. The van der Waals surface area contributed by atoms with Crippen molar-refractivity contribution in [2.45, 2.75) is 43.9 Å². The van der Waals surface area contributed by atoms with Crippen LogP contribution in [-0.4, -0.2) is 11.6 Å². The summed E-state index contributed by atoms with van der Waals surface area (Å²) in [5.74, 6) is 0.410. The highest BCUT2D eigenvalue weighted by Gasteiger charge is 2.35. The van der Waals surface area contributed by atoms with Crippen LogP contribution < -0.4 is 0 Å². The van der Waals surface area contributed by atoms with Gasteiger partial charge in [-0.2, -0.15) is 0 Å². The zero-order valence-corrected chi connectivity index (χ0v) is 13.3. The van der Waals surface area contributed by atoms with E-state index in [2.05, 4.69) is 24.3 Å². The Labute approximate surface area is 137 Å². The van der Waals surface area contributed by atoms with Crippen molar-refractivity contribution in [1.82, 2.24) is 0 Å². The second-order valence-electron chi connectivity index (χ2n) is 6.39. The molecule has 0 radical (unpaired) electrons. The summed E-state index contributed by atoms with van der Waals surface area (Å²) in [6, 6.07) is 20.7. The van der Waals surface area contributed by atoms with Gasteiger partial charge in [0.25, 0.3) is 0 Å². The van der Waals surface area contributed by atoms with Gasteiger partial charge in [-0.1, -0.05) is 60.7 Å². The first kappa shape index (κ1) is 15.7. The third-order valence-electron chi connectivity index (χ3n) is 5.00. The van der Waals surface area contributed by atoms with Crippen LogP contribution in [0.25, 0.3) is 0 Å². The average Bonchev–Trinajstić information content (AvgIpc) is 2.68. The van der Waals surface area contributed by atoms with E-state index in [9.17, 15) is 9.59 Å². The van der Waals surface area contributed by atoms with E-state index < -0.39 is 0 Å². The van der Waals surface area contributed by atoms with Gasteiger partial charge in [0.2, 0.25) is 0 Å². The number of hydrogen-bond donors (Lipinski definition) is 0. The van der Waals surface area contributed by atoms with Crippen molar-refractivity contribution in [3.05, 3.63) is 71.8 Å². The molecule has 0 spiro atoms. The Hall–Kier alpha value is -2.22. The minimum Gasteiger partial charge on any atom is -0.300 e. The van der Waals surface area contributed by atoms with E-state index in [1.165, 1.54) is 11.1 Å². The van der Waals surface area contributed by atoms with Crippen LogP contribution in [0.1, 0.15) is 49.7 Å². The third kappa shape index (κ3) is 3.42. The lowest BCUT2D eigenvalue weighted by molar-refractivity contribution is -0.123. The Bertz CT molecular complexity index is 612. The van der Waals surface area contributed by atoms with Gasteiger partial charge in [0.15, 0.2) is 0 Å². The fraction of sp³-hybridized carbons (Fsp3) is 0.333. The predicted octanol–water partition coefficient (Wildman–Crippen LogP) is 4.47. The van der Waals surface area contributed by atoms with Gasteiger partial charge >= 0.3 is 0 Å². The van der Waals surface area contributed by atoms with Gasteiger partial charge < -0.3 is 0 Å². The summed E-state index contributed by atoms with van der Waals surface area (Å²) >= 11 is 0. The molecule has 0 N–H and O–H groups in total. The van der Waals surface area contributed by atoms with Crippen molar-refractivity contribution < 1.29 is 9.59 Å². The lowest BCUT2D eigenvalue weighted by atomic mass is 9.68. The van der Waals surface area contributed by atoms with Crippen LogP contribution in [0.15, 0.2) is 60.7 Å². The van der Waals surface area contributed by atoms with E-state index in [1.54, 1.807) is 0 Å². The van der Waals surface area contributed by atoms with Crippen molar-refractivity contribution in [1.29, 1.82) is 0 Å². The molecule has 1 fully saturated rings. The van der Waals surface area contributed by atoms with Crippen molar-refractivity contribution in [3.63, 3.8) is 0 Å². The first-order valence-corrected chi connectivity index (χ1v) is 8.35. The molecule has 0 atom stereocenters. The van der Waals surface area contributed by atoms with E-state index in [4.69, 9.17) is 0 Å². The molecule has 0 bridgehead atoms. The minimum atomic E-state index is -0.252. The van der Waals surface area contributed by atoms with E-state index in [-0.39, 0.29) is 17.0 Å². The molecule has 23 heavy (non-hydrogen) atoms. The Morgan fingerprint density at radius 3 is 1.35 bits per heavy atom. The Morgan fingerprint density at radius 2 is 0.957 bits per heavy atom. The number of hydrogen-bond acceptors (Lipinski definition) is 2. The van der Waals surface area contributed by atoms with Gasteiger partial charge in [0.05, 0.1) is 0 Å². The zero-order chi connectivity index (χ0) is 16.1. The molecule has 0 aliphatic heterocycles. The molecule has 2 aromatic rings. The zero-order valence-electron chi connectivity index (χ0n) is 13.3. The molecule has 0 saturated heterocycles. The van der Waals surface area contributed by atoms with Gasteiger partial charge in [-0.05, 0) is 24.0 Å². The second kappa shape index (κ2) is 6.91. The second-order valence-corrected chi connectivity index (χ2v) is 6.39. The maximum Gasteiger partial charge on any atom is 0.133 e. The first-order chi connectivity index (χ1) is 11.2. The van der Waals surface area contributed by atoms with Crippen LogP contribution >= 0.6 is 0 Å². The van der Waals surface area contributed by atoms with Gasteiger partial charge in [0.1, 0.15) is 11.6 Å². The molecular formula is C21H22O2. The summed E-state index contributed by atoms with van der Waals surface area (Å²) in [7, 11) is 0. The number of carbonyl (C=O) groups is 2. The molecule has 0 unspecified atom stereocenters. The number of benzene rings is 2. The van der Waals surface area contributed by atoms with E-state index in [0.29, 0.717) is 25.7 Å². The first-order valence-electron chi connectivity index (χ1n) is 8.35. The highest BCUT2D eigenvalue weighted by molar-refractivity contribution is 5.86.